The maximum Gasteiger partial charge on any atom is 0.397 e. The SMILES string of the molecule is O=C(CC(F)(F)F)NCC1(C(=O)O)CC1. The van der Waals surface area contributed by atoms with Crippen molar-refractivity contribution in [3.8, 4) is 0 Å². The lowest BCUT2D eigenvalue weighted by atomic mass is 10.1. The lowest BCUT2D eigenvalue weighted by Gasteiger charge is -2.11. The molecule has 86 valence electrons. The minimum Gasteiger partial charge on any atom is -0.481 e. The molecule has 0 unspecified atom stereocenters. The minimum absolute atomic E-state index is 0.225. The third-order valence-corrected chi connectivity index (χ3v) is 2.29. The van der Waals surface area contributed by atoms with Crippen molar-refractivity contribution in [3.63, 3.8) is 0 Å². The van der Waals surface area contributed by atoms with E-state index in [1.807, 2.05) is 5.32 Å². The van der Waals surface area contributed by atoms with E-state index in [0.29, 0.717) is 12.8 Å². The van der Waals surface area contributed by atoms with Crippen molar-refractivity contribution in [3.05, 3.63) is 0 Å². The number of rotatable bonds is 4. The number of nitrogens with one attached hydrogen (secondary N) is 1. The number of carbonyl (C=O) groups excluding carboxylic acids is 1. The van der Waals surface area contributed by atoms with Crippen LogP contribution in [0.3, 0.4) is 0 Å². The average Bonchev–Trinajstić information content (AvgIpc) is 2.77. The lowest BCUT2D eigenvalue weighted by Crippen LogP contribution is -2.36. The zero-order chi connectivity index (χ0) is 11.7. The highest BCUT2D eigenvalue weighted by Gasteiger charge is 2.50. The Labute approximate surface area is 83.5 Å². The Balaban J connectivity index is 2.32. The molecule has 1 aliphatic rings. The second kappa shape index (κ2) is 3.71. The quantitative estimate of drug-likeness (QED) is 0.747. The molecular weight excluding hydrogens is 215 g/mol. The summed E-state index contributed by atoms with van der Waals surface area (Å²) < 4.78 is 35.2. The Bertz CT molecular complexity index is 283. The van der Waals surface area contributed by atoms with Gasteiger partial charge < -0.3 is 10.4 Å². The second-order valence-electron chi connectivity index (χ2n) is 3.65. The monoisotopic (exact) mass is 225 g/mol. The van der Waals surface area contributed by atoms with Crippen molar-refractivity contribution < 1.29 is 27.9 Å². The summed E-state index contributed by atoms with van der Waals surface area (Å²) in [6.07, 6.45) is -5.32. The number of carboxylic acid groups (broad SMARTS) is 1. The van der Waals surface area contributed by atoms with Crippen LogP contribution in [0.25, 0.3) is 0 Å². The fourth-order valence-corrected chi connectivity index (χ4v) is 1.13. The fraction of sp³-hybridized carbons (Fsp3) is 0.750. The number of halogens is 3. The average molecular weight is 225 g/mol. The van der Waals surface area contributed by atoms with Crippen LogP contribution in [0.1, 0.15) is 19.3 Å². The van der Waals surface area contributed by atoms with Gasteiger partial charge in [-0.2, -0.15) is 13.2 Å². The van der Waals surface area contributed by atoms with Crippen molar-refractivity contribution >= 4 is 11.9 Å². The van der Waals surface area contributed by atoms with Crippen LogP contribution in [0.2, 0.25) is 0 Å². The first-order valence-electron chi connectivity index (χ1n) is 4.32. The molecule has 0 atom stereocenters. The number of hydrogen-bond donors (Lipinski definition) is 2. The molecule has 0 aromatic heterocycles. The highest BCUT2D eigenvalue weighted by atomic mass is 19.4. The van der Waals surface area contributed by atoms with Gasteiger partial charge in [0.25, 0.3) is 0 Å². The van der Waals surface area contributed by atoms with Crippen LogP contribution in [0, 0.1) is 5.41 Å². The molecule has 0 saturated heterocycles. The molecule has 1 fully saturated rings. The number of hydrogen-bond acceptors (Lipinski definition) is 2. The summed E-state index contributed by atoms with van der Waals surface area (Å²) in [5.74, 6) is -2.26. The highest BCUT2D eigenvalue weighted by Crippen LogP contribution is 2.45. The fourth-order valence-electron chi connectivity index (χ4n) is 1.13. The Morgan fingerprint density at radius 1 is 1.33 bits per heavy atom. The minimum atomic E-state index is -4.55. The van der Waals surface area contributed by atoms with E-state index in [0.717, 1.165) is 0 Å². The van der Waals surface area contributed by atoms with E-state index in [9.17, 15) is 22.8 Å². The van der Waals surface area contributed by atoms with Gasteiger partial charge in [0, 0.05) is 6.54 Å². The molecule has 4 nitrogen and oxygen atoms in total. The second-order valence-corrected chi connectivity index (χ2v) is 3.65. The molecule has 0 spiro atoms. The molecule has 0 bridgehead atoms. The van der Waals surface area contributed by atoms with Gasteiger partial charge in [-0.3, -0.25) is 9.59 Å². The molecule has 1 amide bonds. The van der Waals surface area contributed by atoms with Gasteiger partial charge in [-0.25, -0.2) is 0 Å². The summed E-state index contributed by atoms with van der Waals surface area (Å²) in [5.41, 5.74) is -1.03. The molecule has 0 radical (unpaired) electrons. The standard InChI is InChI=1S/C8H10F3NO3/c9-8(10,11)3-5(13)12-4-7(1-2-7)6(14)15/h1-4H2,(H,12,13)(H,14,15). The van der Waals surface area contributed by atoms with E-state index in [2.05, 4.69) is 0 Å². The Morgan fingerprint density at radius 2 is 1.87 bits per heavy atom. The van der Waals surface area contributed by atoms with Crippen molar-refractivity contribution in [2.75, 3.05) is 6.54 Å². The predicted molar refractivity (Wildman–Crippen MR) is 43.0 cm³/mol. The van der Waals surface area contributed by atoms with Crippen LogP contribution in [0.4, 0.5) is 13.2 Å². The Kier molecular flexibility index (Phi) is 2.92. The van der Waals surface area contributed by atoms with Gasteiger partial charge in [-0.05, 0) is 12.8 Å². The van der Waals surface area contributed by atoms with Gasteiger partial charge in [0.05, 0.1) is 5.41 Å². The summed E-state index contributed by atoms with van der Waals surface area (Å²) in [6, 6.07) is 0. The molecule has 15 heavy (non-hydrogen) atoms. The van der Waals surface area contributed by atoms with Gasteiger partial charge in [0.15, 0.2) is 0 Å². The number of aliphatic carboxylic acids is 1. The van der Waals surface area contributed by atoms with Gasteiger partial charge in [-0.1, -0.05) is 0 Å². The summed E-state index contributed by atoms with van der Waals surface area (Å²) >= 11 is 0. The summed E-state index contributed by atoms with van der Waals surface area (Å²) in [7, 11) is 0. The third-order valence-electron chi connectivity index (χ3n) is 2.29. The molecule has 0 heterocycles. The van der Waals surface area contributed by atoms with E-state index in [-0.39, 0.29) is 6.54 Å². The molecule has 0 aromatic rings. The van der Waals surface area contributed by atoms with Crippen LogP contribution in [0.5, 0.6) is 0 Å². The molecule has 1 rings (SSSR count). The van der Waals surface area contributed by atoms with Crippen LogP contribution in [-0.4, -0.2) is 29.7 Å². The summed E-state index contributed by atoms with van der Waals surface area (Å²) in [5, 5.41) is 10.7. The van der Waals surface area contributed by atoms with Gasteiger partial charge in [0.2, 0.25) is 5.91 Å². The van der Waals surface area contributed by atoms with E-state index in [1.54, 1.807) is 0 Å². The first kappa shape index (κ1) is 11.8. The van der Waals surface area contributed by atoms with Crippen molar-refractivity contribution in [1.82, 2.24) is 5.32 Å². The number of amides is 1. The van der Waals surface area contributed by atoms with Crippen LogP contribution < -0.4 is 5.32 Å². The lowest BCUT2D eigenvalue weighted by molar-refractivity contribution is -0.154. The largest absolute Gasteiger partial charge is 0.481 e. The predicted octanol–water partition coefficient (Wildman–Crippen LogP) is 0.920. The smallest absolute Gasteiger partial charge is 0.397 e. The first-order valence-corrected chi connectivity index (χ1v) is 4.32. The van der Waals surface area contributed by atoms with Crippen LogP contribution >= 0.6 is 0 Å². The topological polar surface area (TPSA) is 66.4 Å². The Hall–Kier alpha value is -1.27. The molecule has 1 saturated carbocycles. The van der Waals surface area contributed by atoms with Gasteiger partial charge in [-0.15, -0.1) is 0 Å². The number of carbonyl (C=O) groups is 2. The first-order chi connectivity index (χ1) is 6.75. The zero-order valence-electron chi connectivity index (χ0n) is 7.73. The molecule has 0 aliphatic heterocycles. The highest BCUT2D eigenvalue weighted by molar-refractivity contribution is 5.81. The maximum absolute atomic E-state index is 11.7. The van der Waals surface area contributed by atoms with Gasteiger partial charge in [0.1, 0.15) is 6.42 Å². The molecule has 2 N–H and O–H groups in total. The maximum atomic E-state index is 11.7. The van der Waals surface area contributed by atoms with Crippen LogP contribution in [0.15, 0.2) is 0 Å². The number of carboxylic acids is 1. The molecule has 0 aromatic carbocycles. The summed E-state index contributed by atoms with van der Waals surface area (Å²) in [4.78, 5) is 21.3. The van der Waals surface area contributed by atoms with Crippen LogP contribution in [-0.2, 0) is 9.59 Å². The van der Waals surface area contributed by atoms with Crippen molar-refractivity contribution in [1.29, 1.82) is 0 Å². The Morgan fingerprint density at radius 3 is 2.20 bits per heavy atom. The van der Waals surface area contributed by atoms with Gasteiger partial charge >= 0.3 is 12.1 Å². The van der Waals surface area contributed by atoms with E-state index in [4.69, 9.17) is 5.11 Å². The third kappa shape index (κ3) is 3.41. The van der Waals surface area contributed by atoms with Crippen molar-refractivity contribution in [2.24, 2.45) is 5.41 Å². The van der Waals surface area contributed by atoms with E-state index < -0.39 is 29.9 Å². The molecular formula is C8H10F3NO3. The summed E-state index contributed by atoms with van der Waals surface area (Å²) in [6.45, 7) is -0.225. The van der Waals surface area contributed by atoms with Crippen molar-refractivity contribution in [2.45, 2.75) is 25.4 Å². The molecule has 1 aliphatic carbocycles. The van der Waals surface area contributed by atoms with E-state index >= 15 is 0 Å². The number of alkyl halides is 3. The van der Waals surface area contributed by atoms with E-state index in [1.165, 1.54) is 0 Å². The zero-order valence-corrected chi connectivity index (χ0v) is 7.73. The normalized spacial score (nSPS) is 18.3. The molecule has 7 heteroatoms.